The highest BCUT2D eigenvalue weighted by Crippen LogP contribution is 2.15. The molecule has 0 spiro atoms. The van der Waals surface area contributed by atoms with Gasteiger partial charge in [0.25, 0.3) is 5.56 Å². The van der Waals surface area contributed by atoms with E-state index in [4.69, 9.17) is 0 Å². The smallest absolute Gasteiger partial charge is 0.251 e. The van der Waals surface area contributed by atoms with Crippen LogP contribution in [0.5, 0.6) is 0 Å². The van der Waals surface area contributed by atoms with Gasteiger partial charge in [-0.3, -0.25) is 9.78 Å². The van der Waals surface area contributed by atoms with Crippen molar-refractivity contribution in [3.8, 4) is 11.3 Å². The van der Waals surface area contributed by atoms with Crippen LogP contribution >= 0.6 is 0 Å². The van der Waals surface area contributed by atoms with Gasteiger partial charge in [0, 0.05) is 30.4 Å². The molecule has 0 saturated heterocycles. The van der Waals surface area contributed by atoms with Gasteiger partial charge in [0.05, 0.1) is 5.69 Å². The minimum Gasteiger partial charge on any atom is -0.311 e. The molecule has 2 heterocycles. The quantitative estimate of drug-likeness (QED) is 0.876. The van der Waals surface area contributed by atoms with Crippen LogP contribution in [0.4, 0.5) is 0 Å². The summed E-state index contributed by atoms with van der Waals surface area (Å²) in [5.41, 5.74) is 2.52. The molecule has 1 N–H and O–H groups in total. The minimum absolute atomic E-state index is 0.111. The average Bonchev–Trinajstić information content (AvgIpc) is 2.28. The van der Waals surface area contributed by atoms with Crippen LogP contribution in [0.15, 0.2) is 29.3 Å². The molecule has 0 saturated carbocycles. The van der Waals surface area contributed by atoms with E-state index in [2.05, 4.69) is 21.9 Å². The van der Waals surface area contributed by atoms with Crippen molar-refractivity contribution in [1.29, 1.82) is 0 Å². The molecule has 0 unspecified atom stereocenters. The summed E-state index contributed by atoms with van der Waals surface area (Å²) < 4.78 is 0. The third-order valence-electron chi connectivity index (χ3n) is 2.45. The number of H-pyrrole nitrogens is 1. The maximum Gasteiger partial charge on any atom is 0.251 e. The number of aromatic nitrogens is 3. The molecule has 2 aromatic rings. The van der Waals surface area contributed by atoms with Gasteiger partial charge < -0.3 is 4.98 Å². The summed E-state index contributed by atoms with van der Waals surface area (Å²) in [5.74, 6) is 0.733. The lowest BCUT2D eigenvalue weighted by molar-refractivity contribution is 0.827. The number of aromatic amines is 1. The lowest BCUT2D eigenvalue weighted by Gasteiger charge is -2.03. The lowest BCUT2D eigenvalue weighted by atomic mass is 10.1. The number of hydrogen-bond acceptors (Lipinski definition) is 3. The Morgan fingerprint density at radius 2 is 2.12 bits per heavy atom. The SMILES string of the molecule is CCCc1nc(-c2cncc(C)c2)cc(=O)[nH]1. The van der Waals surface area contributed by atoms with Crippen LogP contribution in [0.3, 0.4) is 0 Å². The fourth-order valence-corrected chi connectivity index (χ4v) is 1.71. The number of hydrogen-bond donors (Lipinski definition) is 1. The summed E-state index contributed by atoms with van der Waals surface area (Å²) >= 11 is 0. The van der Waals surface area contributed by atoms with Crippen LogP contribution in [0, 0.1) is 6.92 Å². The van der Waals surface area contributed by atoms with Gasteiger partial charge in [-0.05, 0) is 25.0 Å². The molecular formula is C13H15N3O. The van der Waals surface area contributed by atoms with E-state index < -0.39 is 0 Å². The van der Waals surface area contributed by atoms with E-state index in [0.717, 1.165) is 29.8 Å². The Balaban J connectivity index is 2.48. The molecule has 0 bridgehead atoms. The third-order valence-corrected chi connectivity index (χ3v) is 2.45. The highest BCUT2D eigenvalue weighted by Gasteiger charge is 2.04. The number of aryl methyl sites for hydroxylation is 2. The highest BCUT2D eigenvalue weighted by atomic mass is 16.1. The molecule has 0 aliphatic carbocycles. The zero-order valence-electron chi connectivity index (χ0n) is 10.0. The molecule has 2 aromatic heterocycles. The van der Waals surface area contributed by atoms with Crippen molar-refractivity contribution in [2.45, 2.75) is 26.7 Å². The molecular weight excluding hydrogens is 214 g/mol. The number of pyridine rings is 1. The number of nitrogens with zero attached hydrogens (tertiary/aromatic N) is 2. The second kappa shape index (κ2) is 4.91. The van der Waals surface area contributed by atoms with Crippen LogP contribution in [0.2, 0.25) is 0 Å². The number of rotatable bonds is 3. The van der Waals surface area contributed by atoms with E-state index >= 15 is 0 Å². The zero-order valence-corrected chi connectivity index (χ0v) is 10.0. The molecule has 17 heavy (non-hydrogen) atoms. The van der Waals surface area contributed by atoms with Crippen molar-refractivity contribution in [3.05, 3.63) is 46.3 Å². The fraction of sp³-hybridized carbons (Fsp3) is 0.308. The molecule has 0 aromatic carbocycles. The van der Waals surface area contributed by atoms with Gasteiger partial charge in [-0.25, -0.2) is 4.98 Å². The second-order valence-corrected chi connectivity index (χ2v) is 4.08. The molecule has 4 heteroatoms. The van der Waals surface area contributed by atoms with Gasteiger partial charge >= 0.3 is 0 Å². The molecule has 4 nitrogen and oxygen atoms in total. The fourth-order valence-electron chi connectivity index (χ4n) is 1.71. The van der Waals surface area contributed by atoms with E-state index in [-0.39, 0.29) is 5.56 Å². The Hall–Kier alpha value is -1.97. The first-order valence-electron chi connectivity index (χ1n) is 5.71. The zero-order chi connectivity index (χ0) is 12.3. The first kappa shape index (κ1) is 11.5. The van der Waals surface area contributed by atoms with Crippen molar-refractivity contribution in [2.24, 2.45) is 0 Å². The van der Waals surface area contributed by atoms with Gasteiger partial charge in [0.1, 0.15) is 5.82 Å². The van der Waals surface area contributed by atoms with Crippen molar-refractivity contribution in [3.63, 3.8) is 0 Å². The summed E-state index contributed by atoms with van der Waals surface area (Å²) in [6.45, 7) is 4.03. The van der Waals surface area contributed by atoms with E-state index in [0.29, 0.717) is 5.69 Å². The van der Waals surface area contributed by atoms with Crippen LogP contribution in [0.1, 0.15) is 24.7 Å². The summed E-state index contributed by atoms with van der Waals surface area (Å²) in [6.07, 6.45) is 5.24. The molecule has 0 atom stereocenters. The van der Waals surface area contributed by atoms with Crippen molar-refractivity contribution in [1.82, 2.24) is 15.0 Å². The molecule has 0 amide bonds. The van der Waals surface area contributed by atoms with Crippen molar-refractivity contribution < 1.29 is 0 Å². The first-order chi connectivity index (χ1) is 8.19. The van der Waals surface area contributed by atoms with E-state index in [1.807, 2.05) is 13.0 Å². The predicted octanol–water partition coefficient (Wildman–Crippen LogP) is 2.09. The van der Waals surface area contributed by atoms with Gasteiger partial charge in [0.2, 0.25) is 0 Å². The molecule has 0 aliphatic heterocycles. The minimum atomic E-state index is -0.111. The maximum atomic E-state index is 11.5. The Morgan fingerprint density at radius 1 is 1.29 bits per heavy atom. The van der Waals surface area contributed by atoms with Gasteiger partial charge in [-0.2, -0.15) is 0 Å². The van der Waals surface area contributed by atoms with E-state index in [1.54, 1.807) is 12.4 Å². The first-order valence-corrected chi connectivity index (χ1v) is 5.71. The van der Waals surface area contributed by atoms with Crippen LogP contribution in [-0.4, -0.2) is 15.0 Å². The topological polar surface area (TPSA) is 58.6 Å². The van der Waals surface area contributed by atoms with E-state index in [1.165, 1.54) is 6.07 Å². The van der Waals surface area contributed by atoms with Crippen molar-refractivity contribution in [2.75, 3.05) is 0 Å². The van der Waals surface area contributed by atoms with Gasteiger partial charge in [0.15, 0.2) is 0 Å². The lowest BCUT2D eigenvalue weighted by Crippen LogP contribution is -2.11. The molecule has 2 rings (SSSR count). The summed E-state index contributed by atoms with van der Waals surface area (Å²) in [5, 5.41) is 0. The normalized spacial score (nSPS) is 10.5. The Morgan fingerprint density at radius 3 is 2.82 bits per heavy atom. The molecule has 0 radical (unpaired) electrons. The Bertz CT molecular complexity index is 575. The van der Waals surface area contributed by atoms with Gasteiger partial charge in [-0.1, -0.05) is 6.92 Å². The van der Waals surface area contributed by atoms with Crippen LogP contribution in [-0.2, 0) is 6.42 Å². The largest absolute Gasteiger partial charge is 0.311 e. The number of nitrogens with one attached hydrogen (secondary N) is 1. The summed E-state index contributed by atoms with van der Waals surface area (Å²) in [4.78, 5) is 22.8. The molecule has 0 aliphatic rings. The highest BCUT2D eigenvalue weighted by molar-refractivity contribution is 5.57. The van der Waals surface area contributed by atoms with Crippen LogP contribution in [0.25, 0.3) is 11.3 Å². The summed E-state index contributed by atoms with van der Waals surface area (Å²) in [7, 11) is 0. The molecule has 0 fully saturated rings. The Kier molecular flexibility index (Phi) is 3.32. The van der Waals surface area contributed by atoms with Crippen molar-refractivity contribution >= 4 is 0 Å². The third kappa shape index (κ3) is 2.78. The van der Waals surface area contributed by atoms with Gasteiger partial charge in [-0.15, -0.1) is 0 Å². The average molecular weight is 229 g/mol. The Labute approximate surface area is 99.8 Å². The molecule has 88 valence electrons. The monoisotopic (exact) mass is 229 g/mol. The second-order valence-electron chi connectivity index (χ2n) is 4.08. The standard InChI is InChI=1S/C13H15N3O/c1-3-4-12-15-11(6-13(17)16-12)10-5-9(2)7-14-8-10/h5-8H,3-4H2,1-2H3,(H,15,16,17). The summed E-state index contributed by atoms with van der Waals surface area (Å²) in [6, 6.07) is 3.49. The van der Waals surface area contributed by atoms with E-state index in [9.17, 15) is 4.79 Å². The predicted molar refractivity (Wildman–Crippen MR) is 66.8 cm³/mol. The maximum absolute atomic E-state index is 11.5. The van der Waals surface area contributed by atoms with Crippen LogP contribution < -0.4 is 5.56 Å².